The molecular weight excluding hydrogens is 357 g/mol. The van der Waals surface area contributed by atoms with Crippen LogP contribution in [0.2, 0.25) is 5.02 Å². The first-order valence-corrected chi connectivity index (χ1v) is 8.96. The van der Waals surface area contributed by atoms with Crippen LogP contribution in [-0.4, -0.2) is 27.2 Å². The van der Waals surface area contributed by atoms with Gasteiger partial charge in [0.15, 0.2) is 0 Å². The van der Waals surface area contributed by atoms with E-state index in [1.165, 1.54) is 49.6 Å². The van der Waals surface area contributed by atoms with Crippen LogP contribution in [0.5, 0.6) is 5.75 Å². The normalized spacial score (nSPS) is 12.8. The number of aliphatic hydroxyl groups is 1. The Morgan fingerprint density at radius 1 is 1.25 bits per heavy atom. The monoisotopic (exact) mass is 373 g/mol. The molecule has 2 aromatic carbocycles. The summed E-state index contributed by atoms with van der Waals surface area (Å²) in [6.45, 7) is 0.0184. The molecule has 0 aliphatic heterocycles. The third-order valence-corrected chi connectivity index (χ3v) is 5.15. The number of nitrogens with one attached hydrogen (secondary N) is 1. The first-order valence-electron chi connectivity index (χ1n) is 7.10. The van der Waals surface area contributed by atoms with E-state index in [1.54, 1.807) is 0 Å². The van der Waals surface area contributed by atoms with Crippen molar-refractivity contribution in [2.45, 2.75) is 17.4 Å². The number of hydrogen-bond acceptors (Lipinski definition) is 4. The molecule has 0 saturated heterocycles. The van der Waals surface area contributed by atoms with E-state index in [4.69, 9.17) is 16.3 Å². The van der Waals surface area contributed by atoms with Crippen molar-refractivity contribution in [3.8, 4) is 5.75 Å². The van der Waals surface area contributed by atoms with Gasteiger partial charge in [0.1, 0.15) is 11.6 Å². The third-order valence-electron chi connectivity index (χ3n) is 3.40. The summed E-state index contributed by atoms with van der Waals surface area (Å²) < 4.78 is 44.6. The fraction of sp³-hybridized carbons (Fsp3) is 0.250. The Labute approximate surface area is 145 Å². The Kier molecular flexibility index (Phi) is 6.17. The highest BCUT2D eigenvalue weighted by Gasteiger charge is 2.17. The largest absolute Gasteiger partial charge is 0.495 e. The Bertz CT molecular complexity index is 796. The van der Waals surface area contributed by atoms with Gasteiger partial charge in [0.2, 0.25) is 10.0 Å². The number of aliphatic hydroxyl groups excluding tert-OH is 1. The zero-order valence-electron chi connectivity index (χ0n) is 12.9. The minimum atomic E-state index is -3.75. The smallest absolute Gasteiger partial charge is 0.240 e. The number of ether oxygens (including phenoxy) is 1. The number of halogens is 2. The highest BCUT2D eigenvalue weighted by Crippen LogP contribution is 2.27. The molecule has 2 aromatic rings. The highest BCUT2D eigenvalue weighted by molar-refractivity contribution is 7.89. The van der Waals surface area contributed by atoms with Gasteiger partial charge in [-0.3, -0.25) is 0 Å². The second-order valence-electron chi connectivity index (χ2n) is 5.05. The van der Waals surface area contributed by atoms with Gasteiger partial charge in [0.25, 0.3) is 0 Å². The Morgan fingerprint density at radius 2 is 1.92 bits per heavy atom. The van der Waals surface area contributed by atoms with E-state index in [0.717, 1.165) is 0 Å². The van der Waals surface area contributed by atoms with Crippen molar-refractivity contribution < 1.29 is 22.7 Å². The molecule has 0 amide bonds. The Hall–Kier alpha value is -1.67. The summed E-state index contributed by atoms with van der Waals surface area (Å²) in [7, 11) is -2.32. The molecule has 0 fully saturated rings. The first kappa shape index (κ1) is 18.7. The van der Waals surface area contributed by atoms with E-state index in [-0.39, 0.29) is 22.9 Å². The zero-order valence-corrected chi connectivity index (χ0v) is 14.4. The number of sulfonamides is 1. The Balaban J connectivity index is 1.97. The molecule has 2 N–H and O–H groups in total. The fourth-order valence-electron chi connectivity index (χ4n) is 2.08. The van der Waals surface area contributed by atoms with Crippen molar-refractivity contribution >= 4 is 21.6 Å². The van der Waals surface area contributed by atoms with E-state index < -0.39 is 21.9 Å². The fourth-order valence-corrected chi connectivity index (χ4v) is 3.48. The molecule has 0 aromatic heterocycles. The van der Waals surface area contributed by atoms with Crippen molar-refractivity contribution in [3.63, 3.8) is 0 Å². The number of hydrogen-bond donors (Lipinski definition) is 2. The summed E-state index contributed by atoms with van der Waals surface area (Å²) in [5.41, 5.74) is 0.517. The van der Waals surface area contributed by atoms with Crippen LogP contribution in [-0.2, 0) is 10.0 Å². The van der Waals surface area contributed by atoms with Gasteiger partial charge in [0, 0.05) is 6.54 Å². The summed E-state index contributed by atoms with van der Waals surface area (Å²) in [6.07, 6.45) is -0.748. The van der Waals surface area contributed by atoms with Gasteiger partial charge in [-0.05, 0) is 42.3 Å². The van der Waals surface area contributed by atoms with Crippen molar-refractivity contribution in [1.29, 1.82) is 0 Å². The van der Waals surface area contributed by atoms with E-state index in [9.17, 15) is 17.9 Å². The molecule has 0 heterocycles. The predicted octanol–water partition coefficient (Wildman–Crippen LogP) is 2.89. The third kappa shape index (κ3) is 4.67. The van der Waals surface area contributed by atoms with Gasteiger partial charge >= 0.3 is 0 Å². The van der Waals surface area contributed by atoms with Gasteiger partial charge in [-0.25, -0.2) is 17.5 Å². The van der Waals surface area contributed by atoms with E-state index in [1.807, 2.05) is 0 Å². The molecule has 0 aliphatic carbocycles. The molecule has 1 atom stereocenters. The van der Waals surface area contributed by atoms with Crippen LogP contribution >= 0.6 is 11.6 Å². The van der Waals surface area contributed by atoms with Crippen LogP contribution in [0, 0.1) is 5.82 Å². The van der Waals surface area contributed by atoms with Crippen molar-refractivity contribution in [2.75, 3.05) is 13.7 Å². The minimum Gasteiger partial charge on any atom is -0.495 e. The minimum absolute atomic E-state index is 0.00423. The van der Waals surface area contributed by atoms with E-state index >= 15 is 0 Å². The lowest BCUT2D eigenvalue weighted by atomic mass is 10.1. The second kappa shape index (κ2) is 7.94. The van der Waals surface area contributed by atoms with Crippen LogP contribution in [0.3, 0.4) is 0 Å². The highest BCUT2D eigenvalue weighted by atomic mass is 35.5. The first-order chi connectivity index (χ1) is 11.3. The number of rotatable bonds is 7. The zero-order chi connectivity index (χ0) is 17.7. The van der Waals surface area contributed by atoms with Crippen molar-refractivity contribution in [2.24, 2.45) is 0 Å². The Morgan fingerprint density at radius 3 is 2.50 bits per heavy atom. The van der Waals surface area contributed by atoms with Gasteiger partial charge in [-0.1, -0.05) is 23.7 Å². The molecule has 0 radical (unpaired) electrons. The van der Waals surface area contributed by atoms with Crippen LogP contribution in [0.25, 0.3) is 0 Å². The van der Waals surface area contributed by atoms with Gasteiger partial charge in [-0.2, -0.15) is 0 Å². The average Bonchev–Trinajstić information content (AvgIpc) is 2.55. The SMILES string of the molecule is COc1ccc(S(=O)(=O)NCCC(O)c2ccc(F)cc2)cc1Cl. The lowest BCUT2D eigenvalue weighted by Crippen LogP contribution is -2.26. The maximum Gasteiger partial charge on any atom is 0.240 e. The standard InChI is InChI=1S/C16H17ClFNO4S/c1-23-16-7-6-13(10-14(16)17)24(21,22)19-9-8-15(20)11-2-4-12(18)5-3-11/h2-7,10,15,19-20H,8-9H2,1H3. The molecule has 5 nitrogen and oxygen atoms in total. The van der Waals surface area contributed by atoms with Crippen LogP contribution in [0.15, 0.2) is 47.4 Å². The van der Waals surface area contributed by atoms with Gasteiger partial charge < -0.3 is 9.84 Å². The lowest BCUT2D eigenvalue weighted by molar-refractivity contribution is 0.169. The maximum atomic E-state index is 12.8. The van der Waals surface area contributed by atoms with Crippen LogP contribution in [0.4, 0.5) is 4.39 Å². The number of methoxy groups -OCH3 is 1. The topological polar surface area (TPSA) is 75.6 Å². The summed E-state index contributed by atoms with van der Waals surface area (Å²) in [5, 5.41) is 10.2. The lowest BCUT2D eigenvalue weighted by Gasteiger charge is -2.12. The quantitative estimate of drug-likeness (QED) is 0.782. The van der Waals surface area contributed by atoms with Crippen molar-refractivity contribution in [1.82, 2.24) is 4.72 Å². The molecule has 24 heavy (non-hydrogen) atoms. The molecule has 130 valence electrons. The van der Waals surface area contributed by atoms with E-state index in [0.29, 0.717) is 11.3 Å². The molecule has 0 bridgehead atoms. The van der Waals surface area contributed by atoms with Gasteiger partial charge in [0.05, 0.1) is 23.1 Å². The predicted molar refractivity (Wildman–Crippen MR) is 89.2 cm³/mol. The van der Waals surface area contributed by atoms with Crippen LogP contribution < -0.4 is 9.46 Å². The summed E-state index contributed by atoms with van der Waals surface area (Å²) >= 11 is 5.93. The average molecular weight is 374 g/mol. The molecule has 2 rings (SSSR count). The number of benzene rings is 2. The van der Waals surface area contributed by atoms with E-state index in [2.05, 4.69) is 4.72 Å². The van der Waals surface area contributed by atoms with Crippen LogP contribution in [0.1, 0.15) is 18.1 Å². The summed E-state index contributed by atoms with van der Waals surface area (Å²) in [6, 6.07) is 9.52. The van der Waals surface area contributed by atoms with Gasteiger partial charge in [-0.15, -0.1) is 0 Å². The summed E-state index contributed by atoms with van der Waals surface area (Å²) in [4.78, 5) is 0.00423. The maximum absolute atomic E-state index is 12.8. The molecule has 0 saturated carbocycles. The second-order valence-corrected chi connectivity index (χ2v) is 7.22. The molecule has 1 unspecified atom stereocenters. The molecule has 0 spiro atoms. The molecule has 8 heteroatoms. The van der Waals surface area contributed by atoms with Crippen molar-refractivity contribution in [3.05, 3.63) is 58.9 Å². The molecular formula is C16H17ClFNO4S. The summed E-state index contributed by atoms with van der Waals surface area (Å²) in [5.74, 6) is -0.0228. The molecule has 0 aliphatic rings.